The molecule has 3 heterocycles. The molecule has 1 saturated heterocycles. The van der Waals surface area contributed by atoms with Crippen LogP contribution < -0.4 is 5.32 Å². The minimum atomic E-state index is -0.599. The maximum atomic E-state index is 13.5. The van der Waals surface area contributed by atoms with Gasteiger partial charge in [0.05, 0.1) is 12.2 Å². The molecular formula is C23H24F2N4O2. The van der Waals surface area contributed by atoms with Crippen molar-refractivity contribution in [2.24, 2.45) is 5.92 Å². The molecule has 31 heavy (non-hydrogen) atoms. The summed E-state index contributed by atoms with van der Waals surface area (Å²) in [6.45, 7) is 2.61. The molecule has 1 unspecified atom stereocenters. The van der Waals surface area contributed by atoms with E-state index < -0.39 is 6.67 Å². The van der Waals surface area contributed by atoms with Gasteiger partial charge in [-0.25, -0.2) is 13.6 Å². The summed E-state index contributed by atoms with van der Waals surface area (Å²) in [7, 11) is 0. The molecule has 3 amide bonds. The van der Waals surface area contributed by atoms with Gasteiger partial charge in [-0.1, -0.05) is 12.1 Å². The average Bonchev–Trinajstić information content (AvgIpc) is 3.25. The van der Waals surface area contributed by atoms with Crippen LogP contribution in [0.25, 0.3) is 5.57 Å². The fraction of sp³-hybridized carbons (Fsp3) is 0.348. The summed E-state index contributed by atoms with van der Waals surface area (Å²) < 4.78 is 26.3. The zero-order valence-electron chi connectivity index (χ0n) is 17.3. The average molecular weight is 426 g/mol. The molecule has 0 bridgehead atoms. The van der Waals surface area contributed by atoms with Crippen LogP contribution in [0.2, 0.25) is 0 Å². The highest BCUT2D eigenvalue weighted by Gasteiger charge is 2.32. The summed E-state index contributed by atoms with van der Waals surface area (Å²) in [6, 6.07) is 7.36. The number of likely N-dealkylation sites (tertiary alicyclic amines) is 1. The normalized spacial score (nSPS) is 18.7. The summed E-state index contributed by atoms with van der Waals surface area (Å²) in [5.74, 6) is -0.368. The first-order valence-corrected chi connectivity index (χ1v) is 10.3. The Hall–Kier alpha value is -3.29. The monoisotopic (exact) mass is 426 g/mol. The Morgan fingerprint density at radius 3 is 2.87 bits per heavy atom. The molecular weight excluding hydrogens is 402 g/mol. The number of aromatic nitrogens is 1. The molecule has 0 aliphatic carbocycles. The van der Waals surface area contributed by atoms with E-state index in [1.54, 1.807) is 17.2 Å². The number of pyridine rings is 1. The highest BCUT2D eigenvalue weighted by Crippen LogP contribution is 2.31. The fourth-order valence-corrected chi connectivity index (χ4v) is 4.23. The van der Waals surface area contributed by atoms with Crippen LogP contribution >= 0.6 is 0 Å². The van der Waals surface area contributed by atoms with Gasteiger partial charge in [-0.05, 0) is 54.3 Å². The van der Waals surface area contributed by atoms with Gasteiger partial charge in [0.2, 0.25) is 5.91 Å². The zero-order valence-corrected chi connectivity index (χ0v) is 17.3. The Balaban J connectivity index is 1.39. The number of rotatable bonds is 5. The number of anilines is 1. The molecule has 6 nitrogen and oxygen atoms in total. The number of alkyl halides is 1. The third-order valence-electron chi connectivity index (χ3n) is 5.87. The van der Waals surface area contributed by atoms with E-state index in [0.717, 1.165) is 17.6 Å². The first-order valence-electron chi connectivity index (χ1n) is 10.3. The first-order chi connectivity index (χ1) is 15.0. The van der Waals surface area contributed by atoms with E-state index in [4.69, 9.17) is 0 Å². The summed E-state index contributed by atoms with van der Waals surface area (Å²) in [5.41, 5.74) is 3.61. The molecule has 162 valence electrons. The van der Waals surface area contributed by atoms with Crippen LogP contribution in [0.3, 0.4) is 0 Å². The van der Waals surface area contributed by atoms with E-state index in [-0.39, 0.29) is 36.8 Å². The number of benzene rings is 1. The van der Waals surface area contributed by atoms with E-state index in [1.165, 1.54) is 23.1 Å². The maximum absolute atomic E-state index is 13.5. The second-order valence-corrected chi connectivity index (χ2v) is 7.83. The molecule has 4 rings (SSSR count). The van der Waals surface area contributed by atoms with Gasteiger partial charge >= 0.3 is 6.03 Å². The van der Waals surface area contributed by atoms with Gasteiger partial charge in [0.1, 0.15) is 19.0 Å². The van der Waals surface area contributed by atoms with E-state index in [1.807, 2.05) is 19.1 Å². The lowest BCUT2D eigenvalue weighted by atomic mass is 9.92. The number of halogens is 2. The Kier molecular flexibility index (Phi) is 5.97. The van der Waals surface area contributed by atoms with E-state index >= 15 is 0 Å². The molecule has 1 aromatic carbocycles. The highest BCUT2D eigenvalue weighted by molar-refractivity contribution is 5.95. The first kappa shape index (κ1) is 21.0. The molecule has 2 aromatic rings. The Bertz CT molecular complexity index is 1020. The number of urea groups is 1. The van der Waals surface area contributed by atoms with Crippen molar-refractivity contribution in [3.05, 3.63) is 65.2 Å². The molecule has 1 aromatic heterocycles. The minimum Gasteiger partial charge on any atom is -0.341 e. The van der Waals surface area contributed by atoms with Gasteiger partial charge in [0.25, 0.3) is 0 Å². The molecule has 2 aliphatic heterocycles. The maximum Gasteiger partial charge on any atom is 0.322 e. The summed E-state index contributed by atoms with van der Waals surface area (Å²) in [5, 5.41) is 2.71. The van der Waals surface area contributed by atoms with Crippen molar-refractivity contribution >= 4 is 23.2 Å². The largest absolute Gasteiger partial charge is 0.341 e. The third-order valence-corrected chi connectivity index (χ3v) is 5.87. The molecule has 0 spiro atoms. The van der Waals surface area contributed by atoms with Crippen LogP contribution in [0.4, 0.5) is 19.3 Å². The number of fused-ring (bicyclic) bond motifs is 1. The summed E-state index contributed by atoms with van der Waals surface area (Å²) in [6.07, 6.45) is 4.48. The predicted molar refractivity (Wildman–Crippen MR) is 113 cm³/mol. The Morgan fingerprint density at radius 2 is 2.16 bits per heavy atom. The van der Waals surface area contributed by atoms with Crippen LogP contribution in [0.1, 0.15) is 30.2 Å². The zero-order chi connectivity index (χ0) is 22.0. The molecule has 1 N–H and O–H groups in total. The lowest BCUT2D eigenvalue weighted by molar-refractivity contribution is -0.130. The van der Waals surface area contributed by atoms with E-state index in [9.17, 15) is 18.4 Å². The molecule has 8 heteroatoms. The van der Waals surface area contributed by atoms with Gasteiger partial charge in [-0.15, -0.1) is 0 Å². The smallest absolute Gasteiger partial charge is 0.322 e. The quantitative estimate of drug-likeness (QED) is 0.786. The summed E-state index contributed by atoms with van der Waals surface area (Å²) >= 11 is 0. The number of nitrogens with one attached hydrogen (secondary N) is 1. The van der Waals surface area contributed by atoms with Crippen LogP contribution in [0, 0.1) is 11.7 Å². The second-order valence-electron chi connectivity index (χ2n) is 7.83. The topological polar surface area (TPSA) is 65.5 Å². The Labute approximate surface area is 179 Å². The van der Waals surface area contributed by atoms with Crippen molar-refractivity contribution in [3.8, 4) is 0 Å². The lowest BCUT2D eigenvalue weighted by Crippen LogP contribution is -2.45. The van der Waals surface area contributed by atoms with Gasteiger partial charge in [0.15, 0.2) is 0 Å². The number of hydrogen-bond acceptors (Lipinski definition) is 3. The van der Waals surface area contributed by atoms with Crippen LogP contribution in [0.15, 0.2) is 42.6 Å². The van der Waals surface area contributed by atoms with Crippen molar-refractivity contribution in [1.29, 1.82) is 0 Å². The number of allylic oxidation sites excluding steroid dienone is 1. The number of carbonyl (C=O) groups is 2. The lowest BCUT2D eigenvalue weighted by Gasteiger charge is -2.30. The predicted octanol–water partition coefficient (Wildman–Crippen LogP) is 3.99. The molecule has 1 atom stereocenters. The van der Waals surface area contributed by atoms with Gasteiger partial charge in [-0.2, -0.15) is 0 Å². The van der Waals surface area contributed by atoms with Crippen molar-refractivity contribution < 1.29 is 18.4 Å². The highest BCUT2D eigenvalue weighted by atomic mass is 19.1. The van der Waals surface area contributed by atoms with E-state index in [0.29, 0.717) is 30.0 Å². The molecule has 2 aliphatic rings. The van der Waals surface area contributed by atoms with Crippen molar-refractivity contribution in [1.82, 2.24) is 14.8 Å². The molecule has 1 fully saturated rings. The number of nitrogens with zero attached hydrogens (tertiary/aromatic N) is 3. The standard InChI is InChI=1S/C23H24F2N4O2/c1-2-20(15-3-5-19(10-24)26-11-15)16-7-8-28(12-16)22(30)14-29-13-17-9-18(25)4-6-21(17)27-23(29)31/h2-6,9,11,16H,7-8,10,12-14H2,1H3,(H,27,31)/b20-2-. The van der Waals surface area contributed by atoms with Crippen molar-refractivity contribution in [2.75, 3.05) is 25.0 Å². The van der Waals surface area contributed by atoms with Crippen LogP contribution in [-0.4, -0.2) is 46.4 Å². The van der Waals surface area contributed by atoms with E-state index in [2.05, 4.69) is 10.3 Å². The van der Waals surface area contributed by atoms with Gasteiger partial charge in [-0.3, -0.25) is 9.78 Å². The van der Waals surface area contributed by atoms with Gasteiger partial charge < -0.3 is 15.1 Å². The van der Waals surface area contributed by atoms with Gasteiger partial charge in [0, 0.05) is 30.9 Å². The number of amides is 3. The summed E-state index contributed by atoms with van der Waals surface area (Å²) in [4.78, 5) is 32.5. The van der Waals surface area contributed by atoms with Crippen molar-refractivity contribution in [3.63, 3.8) is 0 Å². The second kappa shape index (κ2) is 8.83. The molecule has 0 saturated carbocycles. The van der Waals surface area contributed by atoms with Crippen molar-refractivity contribution in [2.45, 2.75) is 26.6 Å². The van der Waals surface area contributed by atoms with Crippen LogP contribution in [-0.2, 0) is 18.0 Å². The van der Waals surface area contributed by atoms with Crippen LogP contribution in [0.5, 0.6) is 0 Å². The Morgan fingerprint density at radius 1 is 1.32 bits per heavy atom. The fourth-order valence-electron chi connectivity index (χ4n) is 4.23. The number of hydrogen-bond donors (Lipinski definition) is 1. The number of carbonyl (C=O) groups excluding carboxylic acids is 2. The third kappa shape index (κ3) is 4.42. The minimum absolute atomic E-state index is 0.0631. The SMILES string of the molecule is C/C=C(/c1ccc(CF)nc1)C1CCN(C(=O)CN2Cc3cc(F)ccc3NC2=O)C1. The molecule has 0 radical (unpaired) electrons.